The Labute approximate surface area is 128 Å². The molecule has 1 N–H and O–H groups in total. The van der Waals surface area contributed by atoms with E-state index in [4.69, 9.17) is 23.2 Å². The first-order valence-electron chi connectivity index (χ1n) is 5.69. The van der Waals surface area contributed by atoms with Crippen molar-refractivity contribution in [1.29, 1.82) is 0 Å². The Morgan fingerprint density at radius 3 is 2.24 bits per heavy atom. The predicted octanol–water partition coefficient (Wildman–Crippen LogP) is 4.79. The second-order valence-corrected chi connectivity index (χ2v) is 5.04. The van der Waals surface area contributed by atoms with Gasteiger partial charge in [0, 0.05) is 28.7 Å². The fourth-order valence-electron chi connectivity index (χ4n) is 1.72. The molecule has 0 saturated heterocycles. The van der Waals surface area contributed by atoms with E-state index in [1.165, 1.54) is 6.07 Å². The molecule has 0 spiro atoms. The molecule has 0 bridgehead atoms. The quantitative estimate of drug-likeness (QED) is 0.646. The summed E-state index contributed by atoms with van der Waals surface area (Å²) in [7, 11) is 0. The van der Waals surface area contributed by atoms with Crippen molar-refractivity contribution in [3.63, 3.8) is 0 Å². The lowest BCUT2D eigenvalue weighted by atomic mass is 10.2. The first kappa shape index (κ1) is 15.5. The van der Waals surface area contributed by atoms with Gasteiger partial charge in [-0.1, -0.05) is 23.2 Å². The minimum absolute atomic E-state index is 0.125. The Hall–Kier alpha value is -1.92. The third-order valence-corrected chi connectivity index (χ3v) is 3.07. The number of halogens is 4. The SMILES string of the molecule is O=[N+]([O-])c1cc(NCc2cc(Cl)cc(Cl)c2)c(F)cc1F. The molecule has 0 aliphatic heterocycles. The molecule has 2 rings (SSSR count). The maximum absolute atomic E-state index is 13.6. The van der Waals surface area contributed by atoms with Crippen molar-refractivity contribution >= 4 is 34.6 Å². The highest BCUT2D eigenvalue weighted by molar-refractivity contribution is 6.34. The Kier molecular flexibility index (Phi) is 4.59. The second kappa shape index (κ2) is 6.24. The molecule has 0 amide bonds. The van der Waals surface area contributed by atoms with Crippen molar-refractivity contribution in [1.82, 2.24) is 0 Å². The summed E-state index contributed by atoms with van der Waals surface area (Å²) in [6.07, 6.45) is 0. The number of hydrogen-bond acceptors (Lipinski definition) is 3. The van der Waals surface area contributed by atoms with Crippen molar-refractivity contribution < 1.29 is 13.7 Å². The van der Waals surface area contributed by atoms with Crippen molar-refractivity contribution in [2.24, 2.45) is 0 Å². The Morgan fingerprint density at radius 1 is 1.05 bits per heavy atom. The van der Waals surface area contributed by atoms with Crippen LogP contribution in [0, 0.1) is 21.7 Å². The molecule has 0 heterocycles. The number of nitro groups is 1. The molecule has 0 aliphatic carbocycles. The van der Waals surface area contributed by atoms with Crippen LogP contribution in [0.2, 0.25) is 10.0 Å². The number of anilines is 1. The largest absolute Gasteiger partial charge is 0.378 e. The van der Waals surface area contributed by atoms with E-state index in [0.717, 1.165) is 6.07 Å². The molecular formula is C13H8Cl2F2N2O2. The van der Waals surface area contributed by atoms with Crippen LogP contribution in [0.25, 0.3) is 0 Å². The van der Waals surface area contributed by atoms with Gasteiger partial charge in [-0.3, -0.25) is 10.1 Å². The topological polar surface area (TPSA) is 55.2 Å². The van der Waals surface area contributed by atoms with E-state index in [1.54, 1.807) is 12.1 Å². The van der Waals surface area contributed by atoms with Gasteiger partial charge in [-0.2, -0.15) is 4.39 Å². The molecule has 0 fully saturated rings. The fourth-order valence-corrected chi connectivity index (χ4v) is 2.29. The Balaban J connectivity index is 2.23. The maximum Gasteiger partial charge on any atom is 0.307 e. The van der Waals surface area contributed by atoms with Gasteiger partial charge in [-0.15, -0.1) is 0 Å². The van der Waals surface area contributed by atoms with Crippen LogP contribution >= 0.6 is 23.2 Å². The standard InChI is InChI=1S/C13H8Cl2F2N2O2/c14-8-1-7(2-9(15)3-8)6-18-12-5-13(19(20)21)11(17)4-10(12)16/h1-5,18H,6H2. The summed E-state index contributed by atoms with van der Waals surface area (Å²) >= 11 is 11.7. The van der Waals surface area contributed by atoms with Gasteiger partial charge in [-0.25, -0.2) is 4.39 Å². The van der Waals surface area contributed by atoms with E-state index >= 15 is 0 Å². The van der Waals surface area contributed by atoms with Crippen LogP contribution in [0.1, 0.15) is 5.56 Å². The minimum Gasteiger partial charge on any atom is -0.378 e. The van der Waals surface area contributed by atoms with E-state index in [-0.39, 0.29) is 12.2 Å². The first-order valence-corrected chi connectivity index (χ1v) is 6.44. The lowest BCUT2D eigenvalue weighted by Gasteiger charge is -2.09. The number of nitrogens with one attached hydrogen (secondary N) is 1. The van der Waals surface area contributed by atoms with Crippen molar-refractivity contribution in [3.8, 4) is 0 Å². The third kappa shape index (κ3) is 3.80. The molecule has 0 unspecified atom stereocenters. The summed E-state index contributed by atoms with van der Waals surface area (Å²) < 4.78 is 26.8. The summed E-state index contributed by atoms with van der Waals surface area (Å²) in [5, 5.41) is 14.1. The number of nitro benzene ring substituents is 1. The zero-order chi connectivity index (χ0) is 15.6. The number of hydrogen-bond donors (Lipinski definition) is 1. The fraction of sp³-hybridized carbons (Fsp3) is 0.0769. The van der Waals surface area contributed by atoms with Gasteiger partial charge in [0.1, 0.15) is 5.82 Å². The molecule has 0 aliphatic rings. The predicted molar refractivity (Wildman–Crippen MR) is 76.8 cm³/mol. The molecule has 21 heavy (non-hydrogen) atoms. The van der Waals surface area contributed by atoms with Gasteiger partial charge in [-0.05, 0) is 23.8 Å². The monoisotopic (exact) mass is 332 g/mol. The molecule has 0 atom stereocenters. The first-order chi connectivity index (χ1) is 9.86. The molecule has 2 aromatic rings. The average molecular weight is 333 g/mol. The number of nitrogens with zero attached hydrogens (tertiary/aromatic N) is 1. The molecule has 0 aromatic heterocycles. The Morgan fingerprint density at radius 2 is 1.67 bits per heavy atom. The highest BCUT2D eigenvalue weighted by Gasteiger charge is 2.18. The molecule has 110 valence electrons. The normalized spacial score (nSPS) is 10.5. The van der Waals surface area contributed by atoms with Gasteiger partial charge in [0.15, 0.2) is 0 Å². The summed E-state index contributed by atoms with van der Waals surface area (Å²) in [4.78, 5) is 9.71. The van der Waals surface area contributed by atoms with Crippen LogP contribution in [0.5, 0.6) is 0 Å². The second-order valence-electron chi connectivity index (χ2n) is 4.17. The molecule has 8 heteroatoms. The van der Waals surface area contributed by atoms with E-state index in [1.807, 2.05) is 0 Å². The molecule has 0 saturated carbocycles. The van der Waals surface area contributed by atoms with Crippen LogP contribution < -0.4 is 5.32 Å². The van der Waals surface area contributed by atoms with Gasteiger partial charge in [0.25, 0.3) is 0 Å². The van der Waals surface area contributed by atoms with Gasteiger partial charge in [0.05, 0.1) is 10.6 Å². The van der Waals surface area contributed by atoms with E-state index in [9.17, 15) is 18.9 Å². The van der Waals surface area contributed by atoms with E-state index in [2.05, 4.69) is 5.32 Å². The van der Waals surface area contributed by atoms with Gasteiger partial charge >= 0.3 is 5.69 Å². The molecule has 0 radical (unpaired) electrons. The maximum atomic E-state index is 13.6. The van der Waals surface area contributed by atoms with Crippen molar-refractivity contribution in [3.05, 3.63) is 67.7 Å². The molecular weight excluding hydrogens is 325 g/mol. The van der Waals surface area contributed by atoms with E-state index in [0.29, 0.717) is 21.7 Å². The van der Waals surface area contributed by atoms with Crippen LogP contribution in [0.3, 0.4) is 0 Å². The average Bonchev–Trinajstić information content (AvgIpc) is 2.36. The summed E-state index contributed by atoms with van der Waals surface area (Å²) in [6.45, 7) is 0.125. The minimum atomic E-state index is -1.23. The third-order valence-electron chi connectivity index (χ3n) is 2.64. The molecule has 2 aromatic carbocycles. The van der Waals surface area contributed by atoms with Crippen LogP contribution in [-0.4, -0.2) is 4.92 Å². The van der Waals surface area contributed by atoms with Crippen LogP contribution in [-0.2, 0) is 6.54 Å². The van der Waals surface area contributed by atoms with Crippen molar-refractivity contribution in [2.75, 3.05) is 5.32 Å². The zero-order valence-corrected chi connectivity index (χ0v) is 11.9. The summed E-state index contributed by atoms with van der Waals surface area (Å²) in [5.74, 6) is -2.15. The van der Waals surface area contributed by atoms with Gasteiger partial charge in [0.2, 0.25) is 5.82 Å². The molecule has 4 nitrogen and oxygen atoms in total. The number of rotatable bonds is 4. The van der Waals surface area contributed by atoms with Crippen LogP contribution in [0.4, 0.5) is 20.2 Å². The summed E-state index contributed by atoms with van der Waals surface area (Å²) in [5.41, 5.74) is -0.332. The van der Waals surface area contributed by atoms with Crippen LogP contribution in [0.15, 0.2) is 30.3 Å². The highest BCUT2D eigenvalue weighted by Crippen LogP contribution is 2.26. The number of benzene rings is 2. The van der Waals surface area contributed by atoms with Crippen molar-refractivity contribution in [2.45, 2.75) is 6.54 Å². The smallest absolute Gasteiger partial charge is 0.307 e. The lowest BCUT2D eigenvalue weighted by molar-refractivity contribution is -0.387. The lowest BCUT2D eigenvalue weighted by Crippen LogP contribution is -2.04. The summed E-state index contributed by atoms with van der Waals surface area (Å²) in [6, 6.07) is 6.02. The van der Waals surface area contributed by atoms with E-state index < -0.39 is 22.2 Å². The zero-order valence-electron chi connectivity index (χ0n) is 10.4. The van der Waals surface area contributed by atoms with Gasteiger partial charge < -0.3 is 5.32 Å². The Bertz CT molecular complexity index is 691. The highest BCUT2D eigenvalue weighted by atomic mass is 35.5.